The van der Waals surface area contributed by atoms with E-state index in [-0.39, 0.29) is 17.4 Å². The van der Waals surface area contributed by atoms with E-state index in [9.17, 15) is 8.42 Å². The van der Waals surface area contributed by atoms with Crippen molar-refractivity contribution in [2.45, 2.75) is 43.5 Å². The summed E-state index contributed by atoms with van der Waals surface area (Å²) in [4.78, 5) is 14.3. The number of nitrogens with zero attached hydrogens (tertiary/aromatic N) is 3. The lowest BCUT2D eigenvalue weighted by molar-refractivity contribution is 0.204. The normalized spacial score (nSPS) is 20.1. The molecule has 2 aromatic heterocycles. The molecule has 1 saturated carbocycles. The van der Waals surface area contributed by atoms with Gasteiger partial charge in [-0.3, -0.25) is 4.18 Å². The molecule has 0 radical (unpaired) electrons. The number of rotatable bonds is 6. The van der Waals surface area contributed by atoms with Crippen LogP contribution in [0.2, 0.25) is 0 Å². The number of hydrogen-bond donors (Lipinski definition) is 1. The summed E-state index contributed by atoms with van der Waals surface area (Å²) in [5, 5.41) is 1.02. The molecule has 0 bridgehead atoms. The summed E-state index contributed by atoms with van der Waals surface area (Å²) in [5.41, 5.74) is 1.86. The fraction of sp³-hybridized carbons (Fsp3) is 0.429. The molecule has 7 nitrogen and oxygen atoms in total. The van der Waals surface area contributed by atoms with Crippen molar-refractivity contribution in [1.29, 1.82) is 0 Å². The zero-order valence-electron chi connectivity index (χ0n) is 16.7. The monoisotopic (exact) mass is 414 g/mol. The Hall–Kier alpha value is -2.45. The maximum Gasteiger partial charge on any atom is 0.296 e. The van der Waals surface area contributed by atoms with Crippen molar-refractivity contribution in [1.82, 2.24) is 15.0 Å². The molecule has 0 unspecified atom stereocenters. The van der Waals surface area contributed by atoms with Gasteiger partial charge in [-0.1, -0.05) is 17.7 Å². The maximum absolute atomic E-state index is 12.4. The smallest absolute Gasteiger partial charge is 0.296 e. The summed E-state index contributed by atoms with van der Waals surface area (Å²) in [7, 11) is -1.63. The van der Waals surface area contributed by atoms with Gasteiger partial charge in [-0.25, -0.2) is 9.97 Å². The Bertz CT molecular complexity index is 1070. The Kier molecular flexibility index (Phi) is 5.56. The van der Waals surface area contributed by atoms with Gasteiger partial charge in [0.2, 0.25) is 0 Å². The van der Waals surface area contributed by atoms with Crippen LogP contribution < -0.4 is 4.90 Å². The van der Waals surface area contributed by atoms with Crippen LogP contribution in [-0.2, 0) is 14.3 Å². The van der Waals surface area contributed by atoms with Crippen molar-refractivity contribution in [2.24, 2.45) is 5.92 Å². The molecule has 2 heterocycles. The summed E-state index contributed by atoms with van der Waals surface area (Å²) < 4.78 is 30.1. The van der Waals surface area contributed by atoms with Gasteiger partial charge in [0.15, 0.2) is 0 Å². The maximum atomic E-state index is 12.4. The molecule has 1 aromatic carbocycles. The second-order valence-corrected chi connectivity index (χ2v) is 9.39. The van der Waals surface area contributed by atoms with Gasteiger partial charge in [-0.05, 0) is 56.7 Å². The van der Waals surface area contributed by atoms with Gasteiger partial charge in [-0.15, -0.1) is 0 Å². The average Bonchev–Trinajstić information content (AvgIpc) is 3.21. The van der Waals surface area contributed by atoms with Crippen LogP contribution in [0, 0.1) is 12.8 Å². The first-order valence-corrected chi connectivity index (χ1v) is 11.3. The molecule has 0 spiro atoms. The van der Waals surface area contributed by atoms with Crippen LogP contribution in [-0.4, -0.2) is 43.1 Å². The molecule has 1 aliphatic rings. The number of fused-ring (bicyclic) bond motifs is 1. The first kappa shape index (κ1) is 19.8. The van der Waals surface area contributed by atoms with E-state index < -0.39 is 10.1 Å². The van der Waals surface area contributed by atoms with Crippen LogP contribution in [0.15, 0.2) is 47.8 Å². The molecule has 8 heteroatoms. The molecule has 1 fully saturated rings. The first-order chi connectivity index (χ1) is 13.9. The van der Waals surface area contributed by atoms with E-state index in [0.717, 1.165) is 48.1 Å². The Labute approximate surface area is 171 Å². The van der Waals surface area contributed by atoms with Crippen LogP contribution in [0.25, 0.3) is 11.0 Å². The van der Waals surface area contributed by atoms with E-state index in [0.29, 0.717) is 6.04 Å². The highest BCUT2D eigenvalue weighted by Crippen LogP contribution is 2.32. The predicted octanol–water partition coefficient (Wildman–Crippen LogP) is 3.67. The number of H-pyrrole nitrogens is 1. The number of aryl methyl sites for hydroxylation is 1. The molecule has 154 valence electrons. The van der Waals surface area contributed by atoms with E-state index in [1.54, 1.807) is 30.6 Å². The fourth-order valence-electron chi connectivity index (χ4n) is 3.97. The Balaban J connectivity index is 1.33. The van der Waals surface area contributed by atoms with Crippen LogP contribution >= 0.6 is 0 Å². The number of hydrogen-bond acceptors (Lipinski definition) is 6. The zero-order valence-corrected chi connectivity index (χ0v) is 17.5. The zero-order chi connectivity index (χ0) is 20.4. The minimum Gasteiger partial charge on any atom is -0.356 e. The van der Waals surface area contributed by atoms with Gasteiger partial charge >= 0.3 is 0 Å². The minimum atomic E-state index is -3.70. The molecule has 3 aromatic rings. The number of anilines is 1. The number of benzene rings is 1. The third-order valence-corrected chi connectivity index (χ3v) is 7.10. The second kappa shape index (κ2) is 8.12. The summed E-state index contributed by atoms with van der Waals surface area (Å²) >= 11 is 0. The van der Waals surface area contributed by atoms with Gasteiger partial charge in [0.05, 0.1) is 16.9 Å². The van der Waals surface area contributed by atoms with Crippen LogP contribution in [0.5, 0.6) is 0 Å². The van der Waals surface area contributed by atoms with Crippen molar-refractivity contribution in [2.75, 3.05) is 18.6 Å². The fourth-order valence-corrected chi connectivity index (χ4v) is 4.95. The van der Waals surface area contributed by atoms with Gasteiger partial charge in [0.25, 0.3) is 10.1 Å². The topological polar surface area (TPSA) is 88.2 Å². The summed E-state index contributed by atoms with van der Waals surface area (Å²) in [6, 6.07) is 9.13. The van der Waals surface area contributed by atoms with Crippen LogP contribution in [0.4, 0.5) is 5.82 Å². The Morgan fingerprint density at radius 3 is 2.55 bits per heavy atom. The Morgan fingerprint density at radius 2 is 1.83 bits per heavy atom. The van der Waals surface area contributed by atoms with Crippen molar-refractivity contribution >= 4 is 27.0 Å². The molecule has 0 aliphatic heterocycles. The van der Waals surface area contributed by atoms with E-state index in [4.69, 9.17) is 4.18 Å². The highest BCUT2D eigenvalue weighted by atomic mass is 32.2. The Morgan fingerprint density at radius 1 is 1.10 bits per heavy atom. The third kappa shape index (κ3) is 4.28. The number of aromatic nitrogens is 3. The van der Waals surface area contributed by atoms with E-state index in [1.807, 2.05) is 19.2 Å². The van der Waals surface area contributed by atoms with Crippen LogP contribution in [0.1, 0.15) is 31.2 Å². The summed E-state index contributed by atoms with van der Waals surface area (Å²) in [5.74, 6) is 1.18. The molecular formula is C21H26N4O3S. The summed E-state index contributed by atoms with van der Waals surface area (Å²) in [6.45, 7) is 2.16. The van der Waals surface area contributed by atoms with Crippen LogP contribution in [0.3, 0.4) is 0 Å². The molecule has 29 heavy (non-hydrogen) atoms. The second-order valence-electron chi connectivity index (χ2n) is 7.77. The lowest BCUT2D eigenvalue weighted by Gasteiger charge is -2.35. The first-order valence-electron chi connectivity index (χ1n) is 9.91. The summed E-state index contributed by atoms with van der Waals surface area (Å²) in [6.07, 6.45) is 7.27. The molecule has 4 rings (SSSR count). The van der Waals surface area contributed by atoms with Gasteiger partial charge in [0, 0.05) is 19.3 Å². The molecule has 0 amide bonds. The SMILES string of the molecule is Cc1ccc(S(=O)(=O)OCC2CCC(N(C)c3ncnc4[nH]ccc34)CC2)cc1. The van der Waals surface area contributed by atoms with Crippen molar-refractivity contribution in [3.05, 3.63) is 48.4 Å². The van der Waals surface area contributed by atoms with E-state index in [1.165, 1.54) is 0 Å². The van der Waals surface area contributed by atoms with Crippen molar-refractivity contribution < 1.29 is 12.6 Å². The van der Waals surface area contributed by atoms with Gasteiger partial charge < -0.3 is 9.88 Å². The lowest BCUT2D eigenvalue weighted by atomic mass is 9.86. The van der Waals surface area contributed by atoms with Crippen molar-refractivity contribution in [3.63, 3.8) is 0 Å². The lowest BCUT2D eigenvalue weighted by Crippen LogP contribution is -2.36. The van der Waals surface area contributed by atoms with Gasteiger partial charge in [-0.2, -0.15) is 8.42 Å². The molecule has 0 saturated heterocycles. The van der Waals surface area contributed by atoms with E-state index >= 15 is 0 Å². The highest BCUT2D eigenvalue weighted by molar-refractivity contribution is 7.86. The molecular weight excluding hydrogens is 388 g/mol. The van der Waals surface area contributed by atoms with E-state index in [2.05, 4.69) is 26.9 Å². The van der Waals surface area contributed by atoms with Gasteiger partial charge in [0.1, 0.15) is 17.8 Å². The standard InChI is InChI=1S/C21H26N4O3S/c1-15-3-9-18(10-4-15)29(26,27)28-13-16-5-7-17(8-6-16)25(2)21-19-11-12-22-20(19)23-14-24-21/h3-4,9-12,14,16-17H,5-8,13H2,1-2H3,(H,22,23,24). The van der Waals surface area contributed by atoms with Crippen molar-refractivity contribution in [3.8, 4) is 0 Å². The molecule has 1 N–H and O–H groups in total. The largest absolute Gasteiger partial charge is 0.356 e. The quantitative estimate of drug-likeness (QED) is 0.619. The number of nitrogens with one attached hydrogen (secondary N) is 1. The molecule has 1 aliphatic carbocycles. The third-order valence-electron chi connectivity index (χ3n) is 5.80. The average molecular weight is 415 g/mol. The highest BCUT2D eigenvalue weighted by Gasteiger charge is 2.27. The molecule has 0 atom stereocenters. The minimum absolute atomic E-state index is 0.218. The number of aromatic amines is 1. The predicted molar refractivity (Wildman–Crippen MR) is 112 cm³/mol.